The van der Waals surface area contributed by atoms with Crippen LogP contribution in [0.15, 0.2) is 105 Å². The predicted octanol–water partition coefficient (Wildman–Crippen LogP) is 5.44. The van der Waals surface area contributed by atoms with Gasteiger partial charge in [-0.3, -0.25) is 9.69 Å². The number of amides is 1. The molecule has 1 aliphatic rings. The number of aryl methyl sites for hydroxylation is 1. The number of rotatable bonds is 8. The number of methoxy groups -OCH3 is 1. The van der Waals surface area contributed by atoms with Crippen LogP contribution in [0, 0.1) is 6.92 Å². The number of nitrogens with zero attached hydrogens (tertiary/aromatic N) is 1. The highest BCUT2D eigenvalue weighted by atomic mass is 32.2. The Kier molecular flexibility index (Phi) is 6.53. The molecule has 6 nitrogen and oxygen atoms in total. The topological polar surface area (TPSA) is 69.0 Å². The Balaban J connectivity index is 1.48. The van der Waals surface area contributed by atoms with Gasteiger partial charge in [0.15, 0.2) is 6.10 Å². The number of furan rings is 1. The molecule has 1 fully saturated rings. The average molecular weight is 488 g/mol. The summed E-state index contributed by atoms with van der Waals surface area (Å²) in [5.74, 6) is 0.964. The SMILES string of the molecule is COc1ccc(N2C(=O)[C@H](OCc3ccccc3)[C@H]2c2occc2[S@@](=O)c2ccc(C)cc2)cc1. The summed E-state index contributed by atoms with van der Waals surface area (Å²) < 4.78 is 30.7. The first-order chi connectivity index (χ1) is 17.1. The summed E-state index contributed by atoms with van der Waals surface area (Å²) in [5, 5.41) is 0. The van der Waals surface area contributed by atoms with E-state index in [1.54, 1.807) is 30.2 Å². The van der Waals surface area contributed by atoms with Crippen LogP contribution in [0.1, 0.15) is 22.9 Å². The van der Waals surface area contributed by atoms with E-state index in [9.17, 15) is 9.00 Å². The van der Waals surface area contributed by atoms with Crippen molar-refractivity contribution >= 4 is 22.4 Å². The van der Waals surface area contributed by atoms with Gasteiger partial charge in [-0.2, -0.15) is 0 Å². The second-order valence-corrected chi connectivity index (χ2v) is 9.75. The van der Waals surface area contributed by atoms with Crippen LogP contribution in [0.4, 0.5) is 5.69 Å². The molecule has 0 saturated carbocycles. The highest BCUT2D eigenvalue weighted by molar-refractivity contribution is 7.85. The first-order valence-electron chi connectivity index (χ1n) is 11.3. The molecule has 178 valence electrons. The summed E-state index contributed by atoms with van der Waals surface area (Å²) in [5.41, 5.74) is 2.73. The predicted molar refractivity (Wildman–Crippen MR) is 133 cm³/mol. The normalized spacial score (nSPS) is 18.2. The van der Waals surface area contributed by atoms with E-state index in [4.69, 9.17) is 13.9 Å². The molecule has 0 radical (unpaired) electrons. The maximum atomic E-state index is 13.5. The maximum absolute atomic E-state index is 13.5. The van der Waals surface area contributed by atoms with Gasteiger partial charge in [-0.15, -0.1) is 0 Å². The third-order valence-corrected chi connectivity index (χ3v) is 7.47. The van der Waals surface area contributed by atoms with E-state index in [2.05, 4.69) is 0 Å². The van der Waals surface area contributed by atoms with Crippen LogP contribution >= 0.6 is 0 Å². The van der Waals surface area contributed by atoms with Gasteiger partial charge in [0.2, 0.25) is 0 Å². The van der Waals surface area contributed by atoms with E-state index < -0.39 is 22.9 Å². The maximum Gasteiger partial charge on any atom is 0.259 e. The highest BCUT2D eigenvalue weighted by Gasteiger charge is 2.53. The molecule has 0 bridgehead atoms. The minimum atomic E-state index is -1.47. The lowest BCUT2D eigenvalue weighted by Gasteiger charge is -2.45. The number of carbonyl (C=O) groups excluding carboxylic acids is 1. The standard InChI is InChI=1S/C28H25NO5S/c1-19-8-14-23(15-9-19)35(31)24-16-17-33-26(24)25-27(34-18-20-6-4-3-5-7-20)28(30)29(25)21-10-12-22(32-2)13-11-21/h3-17,25,27H,18H2,1-2H3/t25-,27-,35+/m1/s1. The zero-order valence-electron chi connectivity index (χ0n) is 19.4. The van der Waals surface area contributed by atoms with E-state index in [1.165, 1.54) is 6.26 Å². The largest absolute Gasteiger partial charge is 0.497 e. The number of β-lactam (4-membered cyclic amide) rings is 1. The lowest BCUT2D eigenvalue weighted by Crippen LogP contribution is -2.60. The Hall–Kier alpha value is -3.68. The molecule has 3 atom stereocenters. The van der Waals surface area contributed by atoms with Gasteiger partial charge in [0.25, 0.3) is 5.91 Å². The molecule has 1 aliphatic heterocycles. The molecule has 2 heterocycles. The zero-order chi connectivity index (χ0) is 24.4. The van der Waals surface area contributed by atoms with Gasteiger partial charge in [-0.1, -0.05) is 48.0 Å². The fraction of sp³-hybridized carbons (Fsp3) is 0.179. The monoisotopic (exact) mass is 487 g/mol. The molecule has 0 aliphatic carbocycles. The average Bonchev–Trinajstić information content (AvgIpc) is 3.37. The summed E-state index contributed by atoms with van der Waals surface area (Å²) in [6, 6.07) is 25.6. The summed E-state index contributed by atoms with van der Waals surface area (Å²) in [6.07, 6.45) is 0.747. The molecule has 4 aromatic rings. The number of anilines is 1. The van der Waals surface area contributed by atoms with E-state index >= 15 is 0 Å². The summed E-state index contributed by atoms with van der Waals surface area (Å²) >= 11 is 0. The number of hydrogen-bond acceptors (Lipinski definition) is 5. The summed E-state index contributed by atoms with van der Waals surface area (Å²) in [6.45, 7) is 2.26. The Bertz CT molecular complexity index is 1330. The number of carbonyl (C=O) groups is 1. The molecule has 1 amide bonds. The Morgan fingerprint density at radius 3 is 2.34 bits per heavy atom. The van der Waals surface area contributed by atoms with Crippen LogP contribution in [-0.4, -0.2) is 23.3 Å². The van der Waals surface area contributed by atoms with Crippen molar-refractivity contribution in [2.75, 3.05) is 12.0 Å². The highest BCUT2D eigenvalue weighted by Crippen LogP contribution is 2.44. The van der Waals surface area contributed by atoms with Gasteiger partial charge in [-0.05, 0) is 55.0 Å². The van der Waals surface area contributed by atoms with Crippen molar-refractivity contribution in [2.45, 2.75) is 35.5 Å². The van der Waals surface area contributed by atoms with Crippen molar-refractivity contribution in [3.05, 3.63) is 108 Å². The third-order valence-electron chi connectivity index (χ3n) is 6.03. The number of hydrogen-bond donors (Lipinski definition) is 0. The van der Waals surface area contributed by atoms with Crippen LogP contribution < -0.4 is 9.64 Å². The van der Waals surface area contributed by atoms with Crippen LogP contribution in [0.3, 0.4) is 0 Å². The molecule has 0 spiro atoms. The van der Waals surface area contributed by atoms with Gasteiger partial charge in [-0.25, -0.2) is 4.21 Å². The fourth-order valence-electron chi connectivity index (χ4n) is 4.14. The summed E-state index contributed by atoms with van der Waals surface area (Å²) in [7, 11) is 0.119. The van der Waals surface area contributed by atoms with E-state index in [-0.39, 0.29) is 12.5 Å². The number of ether oxygens (including phenoxy) is 2. The smallest absolute Gasteiger partial charge is 0.259 e. The minimum absolute atomic E-state index is 0.181. The lowest BCUT2D eigenvalue weighted by atomic mass is 9.94. The molecule has 7 heteroatoms. The van der Waals surface area contributed by atoms with Crippen LogP contribution in [0.2, 0.25) is 0 Å². The van der Waals surface area contributed by atoms with Crippen LogP contribution in [0.5, 0.6) is 5.75 Å². The molecule has 1 aromatic heterocycles. The molecule has 5 rings (SSSR count). The second kappa shape index (κ2) is 9.90. The quantitative estimate of drug-likeness (QED) is 0.310. The van der Waals surface area contributed by atoms with Gasteiger partial charge in [0, 0.05) is 10.6 Å². The molecular formula is C28H25NO5S. The van der Waals surface area contributed by atoms with Gasteiger partial charge >= 0.3 is 0 Å². The minimum Gasteiger partial charge on any atom is -0.497 e. The fourth-order valence-corrected chi connectivity index (χ4v) is 5.31. The first-order valence-corrected chi connectivity index (χ1v) is 12.4. The van der Waals surface area contributed by atoms with E-state index in [0.717, 1.165) is 11.1 Å². The van der Waals surface area contributed by atoms with Crippen molar-refractivity contribution in [3.8, 4) is 5.75 Å². The zero-order valence-corrected chi connectivity index (χ0v) is 20.2. The summed E-state index contributed by atoms with van der Waals surface area (Å²) in [4.78, 5) is 16.1. The molecule has 0 N–H and O–H groups in total. The van der Waals surface area contributed by atoms with Crippen molar-refractivity contribution in [1.29, 1.82) is 0 Å². The Morgan fingerprint density at radius 2 is 1.66 bits per heavy atom. The molecule has 0 unspecified atom stereocenters. The third kappa shape index (κ3) is 4.52. The van der Waals surface area contributed by atoms with Crippen LogP contribution in [0.25, 0.3) is 0 Å². The van der Waals surface area contributed by atoms with Crippen molar-refractivity contribution in [3.63, 3.8) is 0 Å². The lowest BCUT2D eigenvalue weighted by molar-refractivity contribution is -0.144. The van der Waals surface area contributed by atoms with Crippen molar-refractivity contribution in [2.24, 2.45) is 0 Å². The molecular weight excluding hydrogens is 462 g/mol. The van der Waals surface area contributed by atoms with Gasteiger partial charge < -0.3 is 13.9 Å². The number of benzene rings is 3. The Labute approximate surface area is 206 Å². The van der Waals surface area contributed by atoms with Gasteiger partial charge in [0.1, 0.15) is 17.6 Å². The van der Waals surface area contributed by atoms with E-state index in [0.29, 0.717) is 27.0 Å². The van der Waals surface area contributed by atoms with Crippen LogP contribution in [-0.2, 0) is 26.9 Å². The van der Waals surface area contributed by atoms with Gasteiger partial charge in [0.05, 0.1) is 35.7 Å². The molecule has 3 aromatic carbocycles. The second-order valence-electron chi connectivity index (χ2n) is 8.30. The molecule has 1 saturated heterocycles. The van der Waals surface area contributed by atoms with E-state index in [1.807, 2.05) is 73.7 Å². The first kappa shape index (κ1) is 23.1. The molecule has 35 heavy (non-hydrogen) atoms. The Morgan fingerprint density at radius 1 is 0.943 bits per heavy atom. The van der Waals surface area contributed by atoms with Crippen molar-refractivity contribution < 1.29 is 22.9 Å². The van der Waals surface area contributed by atoms with Crippen molar-refractivity contribution in [1.82, 2.24) is 0 Å².